The Kier molecular flexibility index (Phi) is 13.0. The number of hydrogen-bond acceptors (Lipinski definition) is 6. The van der Waals surface area contributed by atoms with E-state index in [0.29, 0.717) is 11.1 Å². The summed E-state index contributed by atoms with van der Waals surface area (Å²) in [5.74, 6) is -0.353. The summed E-state index contributed by atoms with van der Waals surface area (Å²) < 4.78 is 0. The summed E-state index contributed by atoms with van der Waals surface area (Å²) in [6, 6.07) is 6.95. The van der Waals surface area contributed by atoms with E-state index in [1.165, 1.54) is 18.2 Å². The average Bonchev–Trinajstić information content (AvgIpc) is 3.22. The van der Waals surface area contributed by atoms with Crippen molar-refractivity contribution in [2.24, 2.45) is 10.8 Å². The van der Waals surface area contributed by atoms with Crippen LogP contribution in [-0.4, -0.2) is 39.7 Å². The minimum atomic E-state index is -0.505. The van der Waals surface area contributed by atoms with Gasteiger partial charge in [-0.2, -0.15) is 0 Å². The van der Waals surface area contributed by atoms with E-state index in [-0.39, 0.29) is 47.2 Å². The van der Waals surface area contributed by atoms with Gasteiger partial charge in [0.2, 0.25) is 6.20 Å². The van der Waals surface area contributed by atoms with Crippen molar-refractivity contribution in [3.05, 3.63) is 63.9 Å². The number of amides is 2. The number of ketones is 2. The Hall–Kier alpha value is -3.42. The molecule has 0 fully saturated rings. The number of hydrogen-bond donors (Lipinski definition) is 0. The number of carbonyl (C=O) groups excluding carboxylic acids is 4. The van der Waals surface area contributed by atoms with Gasteiger partial charge in [-0.1, -0.05) is 78.6 Å². The molecule has 0 aliphatic carbocycles. The first-order chi connectivity index (χ1) is 17.9. The van der Waals surface area contributed by atoms with Gasteiger partial charge >= 0.3 is 0 Å². The Morgan fingerprint density at radius 3 is 1.84 bits per heavy atom. The molecule has 0 bridgehead atoms. The van der Waals surface area contributed by atoms with Crippen LogP contribution in [0.15, 0.2) is 42.6 Å². The highest BCUT2D eigenvalue weighted by atomic mass is 16.6. The fourth-order valence-electron chi connectivity index (χ4n) is 4.48. The van der Waals surface area contributed by atoms with E-state index >= 15 is 0 Å². The largest absolute Gasteiger partial charge is 0.299 e. The Labute approximate surface area is 226 Å². The van der Waals surface area contributed by atoms with E-state index in [9.17, 15) is 29.3 Å². The Morgan fingerprint density at radius 2 is 1.39 bits per heavy atom. The van der Waals surface area contributed by atoms with Crippen LogP contribution in [0, 0.1) is 20.9 Å². The predicted octanol–water partition coefficient (Wildman–Crippen LogP) is 6.42. The van der Waals surface area contributed by atoms with Gasteiger partial charge in [0.25, 0.3) is 11.8 Å². The highest BCUT2D eigenvalue weighted by Gasteiger charge is 2.32. The SMILES string of the molecule is CCCC(C)(CC)C(=O)CCN1C(=O)C=CC1=O.CCCC(C)(CC)C(=O)c1ccc(/C=C\[N+](=O)[O-])cc1. The molecule has 0 saturated heterocycles. The standard InChI is InChI=1S/C16H21NO3.C14H21NO3/c1-4-11-16(3,5-2)15(18)14-8-6-13(7-9-14)10-12-17(19)20;1-4-9-14(3,5-2)11(16)8-10-15-12(17)6-7-13(15)18/h6-10,12H,4-5,11H2,1-3H3;6-7H,4-5,8-10H2,1-3H3/b12-10-;. The maximum absolute atomic E-state index is 12.5. The number of benzene rings is 1. The zero-order valence-electron chi connectivity index (χ0n) is 23.6. The van der Waals surface area contributed by atoms with Crippen LogP contribution in [0.1, 0.15) is 102 Å². The molecule has 1 heterocycles. The van der Waals surface area contributed by atoms with Gasteiger partial charge in [-0.05, 0) is 31.2 Å². The van der Waals surface area contributed by atoms with Crippen LogP contribution in [-0.2, 0) is 14.4 Å². The highest BCUT2D eigenvalue weighted by Crippen LogP contribution is 2.32. The lowest BCUT2D eigenvalue weighted by Gasteiger charge is -2.27. The number of Topliss-reactive ketones (excluding diaryl/α,β-unsaturated/α-hetero) is 2. The van der Waals surface area contributed by atoms with Crippen molar-refractivity contribution < 1.29 is 24.1 Å². The van der Waals surface area contributed by atoms with E-state index in [0.717, 1.165) is 49.6 Å². The van der Waals surface area contributed by atoms with Gasteiger partial charge in [0.15, 0.2) is 5.78 Å². The number of nitro groups is 1. The number of rotatable bonds is 14. The molecule has 1 aromatic carbocycles. The summed E-state index contributed by atoms with van der Waals surface area (Å²) >= 11 is 0. The molecule has 8 nitrogen and oxygen atoms in total. The Morgan fingerprint density at radius 1 is 0.895 bits per heavy atom. The normalized spacial score (nSPS) is 16.1. The maximum atomic E-state index is 12.5. The van der Waals surface area contributed by atoms with E-state index in [1.54, 1.807) is 24.3 Å². The number of nitrogens with zero attached hydrogens (tertiary/aromatic N) is 2. The minimum Gasteiger partial charge on any atom is -0.299 e. The lowest BCUT2D eigenvalue weighted by atomic mass is 9.76. The molecule has 1 aliphatic rings. The lowest BCUT2D eigenvalue weighted by Crippen LogP contribution is -2.35. The lowest BCUT2D eigenvalue weighted by molar-refractivity contribution is -0.400. The van der Waals surface area contributed by atoms with E-state index < -0.39 is 4.92 Å². The number of imide groups is 1. The predicted molar refractivity (Wildman–Crippen MR) is 149 cm³/mol. The van der Waals surface area contributed by atoms with E-state index in [2.05, 4.69) is 13.8 Å². The molecule has 38 heavy (non-hydrogen) atoms. The van der Waals surface area contributed by atoms with E-state index in [1.807, 2.05) is 27.7 Å². The van der Waals surface area contributed by atoms with Gasteiger partial charge in [-0.25, -0.2) is 0 Å². The topological polar surface area (TPSA) is 115 Å². The minimum absolute atomic E-state index is 0.138. The van der Waals surface area contributed by atoms with Gasteiger partial charge in [-0.15, -0.1) is 0 Å². The Balaban J connectivity index is 0.000000382. The average molecular weight is 527 g/mol. The van der Waals surface area contributed by atoms with Gasteiger partial charge < -0.3 is 0 Å². The summed E-state index contributed by atoms with van der Waals surface area (Å²) in [6.45, 7) is 12.3. The van der Waals surface area contributed by atoms with Crippen molar-refractivity contribution in [2.75, 3.05) is 6.54 Å². The van der Waals surface area contributed by atoms with Crippen molar-refractivity contribution in [1.29, 1.82) is 0 Å². The van der Waals surface area contributed by atoms with Crippen molar-refractivity contribution in [1.82, 2.24) is 4.90 Å². The molecule has 208 valence electrons. The summed E-state index contributed by atoms with van der Waals surface area (Å²) in [4.78, 5) is 58.3. The van der Waals surface area contributed by atoms with Crippen LogP contribution < -0.4 is 0 Å². The molecule has 0 radical (unpaired) electrons. The molecule has 0 spiro atoms. The molecule has 2 amide bonds. The first-order valence-electron chi connectivity index (χ1n) is 13.4. The molecule has 1 aliphatic heterocycles. The zero-order chi connectivity index (χ0) is 28.9. The summed E-state index contributed by atoms with van der Waals surface area (Å²) in [5.41, 5.74) is 0.731. The molecule has 0 aromatic heterocycles. The van der Waals surface area contributed by atoms with Crippen LogP contribution in [0.5, 0.6) is 0 Å². The molecule has 8 heteroatoms. The second kappa shape index (κ2) is 15.1. The first kappa shape index (κ1) is 32.6. The second-order valence-electron chi connectivity index (χ2n) is 10.2. The van der Waals surface area contributed by atoms with Gasteiger partial charge in [0.05, 0.1) is 4.92 Å². The molecule has 2 rings (SSSR count). The highest BCUT2D eigenvalue weighted by molar-refractivity contribution is 6.13. The molecule has 0 saturated carbocycles. The summed E-state index contributed by atoms with van der Waals surface area (Å²) in [6.07, 6.45) is 10.3. The quantitative estimate of drug-likeness (QED) is 0.120. The van der Waals surface area contributed by atoms with E-state index in [4.69, 9.17) is 0 Å². The van der Waals surface area contributed by atoms with Crippen LogP contribution >= 0.6 is 0 Å². The second-order valence-corrected chi connectivity index (χ2v) is 10.2. The molecular formula is C30H42N2O6. The van der Waals surface area contributed by atoms with Crippen LogP contribution in [0.2, 0.25) is 0 Å². The molecule has 1 aromatic rings. The Bertz CT molecular complexity index is 1040. The molecule has 0 N–H and O–H groups in total. The third kappa shape index (κ3) is 9.15. The van der Waals surface area contributed by atoms with Gasteiger partial charge in [0.1, 0.15) is 5.78 Å². The number of carbonyl (C=O) groups is 4. The van der Waals surface area contributed by atoms with Crippen molar-refractivity contribution >= 4 is 29.5 Å². The fourth-order valence-corrected chi connectivity index (χ4v) is 4.48. The third-order valence-corrected chi connectivity index (χ3v) is 7.41. The molecule has 2 atom stereocenters. The van der Waals surface area contributed by atoms with Crippen LogP contribution in [0.4, 0.5) is 0 Å². The van der Waals surface area contributed by atoms with Crippen molar-refractivity contribution in [3.63, 3.8) is 0 Å². The van der Waals surface area contributed by atoms with Crippen molar-refractivity contribution in [2.45, 2.75) is 86.5 Å². The van der Waals surface area contributed by atoms with Crippen LogP contribution in [0.3, 0.4) is 0 Å². The van der Waals surface area contributed by atoms with Gasteiger partial charge in [0, 0.05) is 47.6 Å². The summed E-state index contributed by atoms with van der Waals surface area (Å²) in [7, 11) is 0. The maximum Gasteiger partial charge on any atom is 0.253 e. The first-order valence-corrected chi connectivity index (χ1v) is 13.4. The molecular weight excluding hydrogens is 484 g/mol. The van der Waals surface area contributed by atoms with Crippen LogP contribution in [0.25, 0.3) is 6.08 Å². The smallest absolute Gasteiger partial charge is 0.253 e. The summed E-state index contributed by atoms with van der Waals surface area (Å²) in [5, 5.41) is 10.3. The van der Waals surface area contributed by atoms with Crippen molar-refractivity contribution in [3.8, 4) is 0 Å². The zero-order valence-corrected chi connectivity index (χ0v) is 23.6. The third-order valence-electron chi connectivity index (χ3n) is 7.41. The molecule has 2 unspecified atom stereocenters. The monoisotopic (exact) mass is 526 g/mol. The van der Waals surface area contributed by atoms with Gasteiger partial charge in [-0.3, -0.25) is 34.2 Å². The fraction of sp³-hybridized carbons (Fsp3) is 0.533.